The summed E-state index contributed by atoms with van der Waals surface area (Å²) in [4.78, 5) is 0.294. The first-order chi connectivity index (χ1) is 12.6. The maximum absolute atomic E-state index is 13.5. The van der Waals surface area contributed by atoms with Gasteiger partial charge in [-0.1, -0.05) is 54.1 Å². The van der Waals surface area contributed by atoms with Gasteiger partial charge in [0.05, 0.1) is 10.6 Å². The summed E-state index contributed by atoms with van der Waals surface area (Å²) in [6.07, 6.45) is -0.316. The van der Waals surface area contributed by atoms with Crippen LogP contribution in [0.3, 0.4) is 0 Å². The van der Waals surface area contributed by atoms with Crippen LogP contribution in [0.15, 0.2) is 77.7 Å². The Hall–Kier alpha value is -2.79. The van der Waals surface area contributed by atoms with E-state index in [9.17, 15) is 8.42 Å². The molecule has 2 heterocycles. The molecule has 3 aromatic rings. The standard InChI is InChI=1S/C21H17NO3S/c1-14-10-12-15(13-11-14)26(23,24)22-18-8-4-2-6-16(18)21-20(22)17-7-3-5-9-19(17)25-21/h2-13,20-21H,1H3/t20-,21-/m1/s1. The van der Waals surface area contributed by atoms with Gasteiger partial charge in [0, 0.05) is 11.1 Å². The Morgan fingerprint density at radius 2 is 1.50 bits per heavy atom. The summed E-state index contributed by atoms with van der Waals surface area (Å²) in [6.45, 7) is 1.94. The van der Waals surface area contributed by atoms with Crippen molar-refractivity contribution in [3.8, 4) is 5.75 Å². The topological polar surface area (TPSA) is 46.6 Å². The van der Waals surface area contributed by atoms with E-state index in [0.29, 0.717) is 10.6 Å². The minimum absolute atomic E-state index is 0.294. The molecule has 26 heavy (non-hydrogen) atoms. The number of nitrogens with zero attached hydrogens (tertiary/aromatic N) is 1. The zero-order valence-electron chi connectivity index (χ0n) is 14.2. The lowest BCUT2D eigenvalue weighted by atomic mass is 10.0. The van der Waals surface area contributed by atoms with E-state index >= 15 is 0 Å². The van der Waals surface area contributed by atoms with Crippen molar-refractivity contribution in [1.29, 1.82) is 0 Å². The lowest BCUT2D eigenvalue weighted by Gasteiger charge is -2.26. The number of hydrogen-bond donors (Lipinski definition) is 0. The molecule has 130 valence electrons. The molecule has 2 aliphatic rings. The Balaban J connectivity index is 1.73. The van der Waals surface area contributed by atoms with Crippen molar-refractivity contribution in [3.05, 3.63) is 89.5 Å². The van der Waals surface area contributed by atoms with E-state index in [4.69, 9.17) is 4.74 Å². The number of anilines is 1. The van der Waals surface area contributed by atoms with Gasteiger partial charge < -0.3 is 4.74 Å². The van der Waals surface area contributed by atoms with Crippen LogP contribution < -0.4 is 9.04 Å². The van der Waals surface area contributed by atoms with Crippen LogP contribution in [-0.2, 0) is 10.0 Å². The number of para-hydroxylation sites is 2. The van der Waals surface area contributed by atoms with E-state index in [0.717, 1.165) is 22.4 Å². The second-order valence-corrected chi connectivity index (χ2v) is 8.51. The van der Waals surface area contributed by atoms with Crippen molar-refractivity contribution in [2.24, 2.45) is 0 Å². The van der Waals surface area contributed by atoms with Crippen LogP contribution in [0.2, 0.25) is 0 Å². The van der Waals surface area contributed by atoms with E-state index in [1.54, 1.807) is 12.1 Å². The monoisotopic (exact) mass is 363 g/mol. The molecule has 0 spiro atoms. The summed E-state index contributed by atoms with van der Waals surface area (Å²) >= 11 is 0. The smallest absolute Gasteiger partial charge is 0.265 e. The average molecular weight is 363 g/mol. The van der Waals surface area contributed by atoms with Crippen LogP contribution in [0.1, 0.15) is 28.8 Å². The molecule has 2 aliphatic heterocycles. The van der Waals surface area contributed by atoms with Crippen molar-refractivity contribution >= 4 is 15.7 Å². The van der Waals surface area contributed by atoms with Crippen LogP contribution >= 0.6 is 0 Å². The highest BCUT2D eigenvalue weighted by Gasteiger charge is 2.51. The van der Waals surface area contributed by atoms with Crippen molar-refractivity contribution in [2.75, 3.05) is 4.31 Å². The molecule has 3 aromatic carbocycles. The molecule has 4 nitrogen and oxygen atoms in total. The largest absolute Gasteiger partial charge is 0.483 e. The summed E-state index contributed by atoms with van der Waals surface area (Å²) in [5.74, 6) is 0.751. The Bertz CT molecular complexity index is 1110. The number of fused-ring (bicyclic) bond motifs is 5. The maximum Gasteiger partial charge on any atom is 0.265 e. The van der Waals surface area contributed by atoms with Crippen LogP contribution in [0.5, 0.6) is 5.75 Å². The zero-order valence-corrected chi connectivity index (χ0v) is 15.0. The first-order valence-corrected chi connectivity index (χ1v) is 9.97. The molecule has 0 aromatic heterocycles. The fraction of sp³-hybridized carbons (Fsp3) is 0.143. The number of ether oxygens (including phenoxy) is 1. The molecular weight excluding hydrogens is 346 g/mol. The van der Waals surface area contributed by atoms with Gasteiger partial charge in [0.25, 0.3) is 10.0 Å². The van der Waals surface area contributed by atoms with Gasteiger partial charge in [-0.05, 0) is 31.2 Å². The first kappa shape index (κ1) is 15.5. The second kappa shape index (κ2) is 5.35. The van der Waals surface area contributed by atoms with Crippen molar-refractivity contribution in [1.82, 2.24) is 0 Å². The van der Waals surface area contributed by atoms with E-state index in [1.807, 2.05) is 67.6 Å². The minimum atomic E-state index is -3.71. The minimum Gasteiger partial charge on any atom is -0.483 e. The van der Waals surface area contributed by atoms with Gasteiger partial charge in [0.1, 0.15) is 11.8 Å². The summed E-state index contributed by atoms with van der Waals surface area (Å²) < 4.78 is 34.7. The van der Waals surface area contributed by atoms with Crippen molar-refractivity contribution in [3.63, 3.8) is 0 Å². The van der Waals surface area contributed by atoms with E-state index < -0.39 is 10.0 Å². The highest BCUT2D eigenvalue weighted by Crippen LogP contribution is 2.57. The Kier molecular flexibility index (Phi) is 3.18. The maximum atomic E-state index is 13.5. The Morgan fingerprint density at radius 1 is 0.846 bits per heavy atom. The van der Waals surface area contributed by atoms with Gasteiger partial charge in [-0.3, -0.25) is 4.31 Å². The molecule has 0 saturated heterocycles. The molecule has 0 N–H and O–H groups in total. The van der Waals surface area contributed by atoms with Gasteiger partial charge in [0.15, 0.2) is 6.10 Å². The fourth-order valence-electron chi connectivity index (χ4n) is 3.86. The van der Waals surface area contributed by atoms with E-state index in [-0.39, 0.29) is 12.1 Å². The van der Waals surface area contributed by atoms with Crippen molar-refractivity contribution in [2.45, 2.75) is 24.0 Å². The van der Waals surface area contributed by atoms with E-state index in [1.165, 1.54) is 4.31 Å². The molecule has 0 saturated carbocycles. The first-order valence-electron chi connectivity index (χ1n) is 8.53. The molecule has 0 fully saturated rings. The second-order valence-electron chi connectivity index (χ2n) is 6.69. The summed E-state index contributed by atoms with van der Waals surface area (Å²) in [7, 11) is -3.71. The number of hydrogen-bond acceptors (Lipinski definition) is 3. The lowest BCUT2D eigenvalue weighted by Crippen LogP contribution is -2.32. The van der Waals surface area contributed by atoms with Gasteiger partial charge in [-0.15, -0.1) is 0 Å². The summed E-state index contributed by atoms with van der Waals surface area (Å²) in [5.41, 5.74) is 3.53. The van der Waals surface area contributed by atoms with Crippen LogP contribution in [0.25, 0.3) is 0 Å². The third-order valence-corrected chi connectivity index (χ3v) is 6.90. The van der Waals surface area contributed by atoms with Crippen LogP contribution in [-0.4, -0.2) is 8.42 Å². The summed E-state index contributed by atoms with van der Waals surface area (Å²) in [5, 5.41) is 0. The molecule has 5 rings (SSSR count). The predicted octanol–water partition coefficient (Wildman–Crippen LogP) is 4.38. The molecule has 0 aliphatic carbocycles. The highest BCUT2D eigenvalue weighted by atomic mass is 32.2. The van der Waals surface area contributed by atoms with Gasteiger partial charge >= 0.3 is 0 Å². The molecule has 2 atom stereocenters. The van der Waals surface area contributed by atoms with Gasteiger partial charge in [-0.25, -0.2) is 8.42 Å². The number of sulfonamides is 1. The fourth-order valence-corrected chi connectivity index (χ4v) is 5.52. The quantitative estimate of drug-likeness (QED) is 0.679. The number of aryl methyl sites for hydroxylation is 1. The SMILES string of the molecule is Cc1ccc(S(=O)(=O)N2c3ccccc3[C@H]3Oc4ccccc4[C@H]32)cc1. The number of benzene rings is 3. The van der Waals surface area contributed by atoms with E-state index in [2.05, 4.69) is 0 Å². The third-order valence-electron chi connectivity index (χ3n) is 5.09. The lowest BCUT2D eigenvalue weighted by molar-refractivity contribution is 0.224. The molecule has 0 bridgehead atoms. The summed E-state index contributed by atoms with van der Waals surface area (Å²) in [6, 6.07) is 21.9. The predicted molar refractivity (Wildman–Crippen MR) is 99.8 cm³/mol. The molecule has 5 heteroatoms. The van der Waals surface area contributed by atoms with Crippen LogP contribution in [0, 0.1) is 6.92 Å². The Labute approximate surface area is 152 Å². The van der Waals surface area contributed by atoms with Gasteiger partial charge in [-0.2, -0.15) is 0 Å². The zero-order chi connectivity index (χ0) is 17.9. The normalized spacial score (nSPS) is 20.3. The van der Waals surface area contributed by atoms with Gasteiger partial charge in [0.2, 0.25) is 0 Å². The molecule has 0 unspecified atom stereocenters. The van der Waals surface area contributed by atoms with Crippen LogP contribution in [0.4, 0.5) is 5.69 Å². The molecular formula is C21H17NO3S. The average Bonchev–Trinajstić information content (AvgIpc) is 3.17. The number of rotatable bonds is 2. The third kappa shape index (κ3) is 2.04. The highest BCUT2D eigenvalue weighted by molar-refractivity contribution is 7.92. The molecule has 0 amide bonds. The molecule has 0 radical (unpaired) electrons. The van der Waals surface area contributed by atoms with Crippen molar-refractivity contribution < 1.29 is 13.2 Å². The Morgan fingerprint density at radius 3 is 2.27 bits per heavy atom.